The van der Waals surface area contributed by atoms with Gasteiger partial charge < -0.3 is 14.2 Å². The molecule has 0 radical (unpaired) electrons. The Hall–Kier alpha value is -1.62. The number of carbonyl (C=O) groups excluding carboxylic acids is 2. The fraction of sp³-hybridized carbons (Fsp3) is 0.500. The van der Waals surface area contributed by atoms with Crippen LogP contribution in [0.3, 0.4) is 0 Å². The van der Waals surface area contributed by atoms with Crippen molar-refractivity contribution in [2.75, 3.05) is 14.2 Å². The van der Waals surface area contributed by atoms with Crippen molar-refractivity contribution >= 4 is 11.9 Å². The Morgan fingerprint density at radius 3 is 1.65 bits per heavy atom. The molecule has 2 atom stereocenters. The van der Waals surface area contributed by atoms with E-state index in [1.807, 2.05) is 13.8 Å². The SMILES string of the molecule is COC(=O)C1=CC2(C)OC2(C)C=C1C(=O)OC. The summed E-state index contributed by atoms with van der Waals surface area (Å²) >= 11 is 0. The van der Waals surface area contributed by atoms with Crippen LogP contribution >= 0.6 is 0 Å². The van der Waals surface area contributed by atoms with Crippen LogP contribution in [0.4, 0.5) is 0 Å². The summed E-state index contributed by atoms with van der Waals surface area (Å²) in [6.45, 7) is 3.70. The second-order valence-corrected chi connectivity index (χ2v) is 4.42. The summed E-state index contributed by atoms with van der Waals surface area (Å²) in [5.41, 5.74) is -0.712. The van der Waals surface area contributed by atoms with Gasteiger partial charge in [-0.05, 0) is 26.0 Å². The van der Waals surface area contributed by atoms with E-state index in [-0.39, 0.29) is 11.1 Å². The lowest BCUT2D eigenvalue weighted by molar-refractivity contribution is -0.139. The van der Waals surface area contributed by atoms with Gasteiger partial charge in [-0.1, -0.05) is 0 Å². The molecule has 2 unspecified atom stereocenters. The van der Waals surface area contributed by atoms with Gasteiger partial charge >= 0.3 is 11.9 Å². The molecule has 0 aromatic carbocycles. The summed E-state index contributed by atoms with van der Waals surface area (Å²) in [4.78, 5) is 23.2. The highest BCUT2D eigenvalue weighted by Gasteiger charge is 2.63. The van der Waals surface area contributed by atoms with Gasteiger partial charge in [0.2, 0.25) is 0 Å². The molecule has 0 N–H and O–H groups in total. The Morgan fingerprint density at radius 1 is 1.00 bits per heavy atom. The maximum absolute atomic E-state index is 11.6. The third-order valence-corrected chi connectivity index (χ3v) is 3.31. The van der Waals surface area contributed by atoms with Gasteiger partial charge in [-0.15, -0.1) is 0 Å². The topological polar surface area (TPSA) is 65.1 Å². The summed E-state index contributed by atoms with van der Waals surface area (Å²) < 4.78 is 14.8. The molecule has 0 spiro atoms. The third-order valence-electron chi connectivity index (χ3n) is 3.31. The summed E-state index contributed by atoms with van der Waals surface area (Å²) in [7, 11) is 2.53. The molecule has 1 aliphatic heterocycles. The molecule has 1 saturated heterocycles. The fourth-order valence-corrected chi connectivity index (χ4v) is 2.02. The van der Waals surface area contributed by atoms with Crippen LogP contribution in [0.25, 0.3) is 0 Å². The number of esters is 2. The molecule has 1 fully saturated rings. The maximum Gasteiger partial charge on any atom is 0.338 e. The van der Waals surface area contributed by atoms with E-state index in [0.29, 0.717) is 0 Å². The lowest BCUT2D eigenvalue weighted by Gasteiger charge is -2.17. The molecule has 2 rings (SSSR count). The van der Waals surface area contributed by atoms with E-state index in [2.05, 4.69) is 9.47 Å². The van der Waals surface area contributed by atoms with E-state index in [9.17, 15) is 9.59 Å². The lowest BCUT2D eigenvalue weighted by atomic mass is 9.84. The van der Waals surface area contributed by atoms with Gasteiger partial charge in [-0.3, -0.25) is 0 Å². The highest BCUT2D eigenvalue weighted by Crippen LogP contribution is 2.54. The normalized spacial score (nSPS) is 34.1. The monoisotopic (exact) mass is 238 g/mol. The molecular weight excluding hydrogens is 224 g/mol. The first-order chi connectivity index (χ1) is 7.87. The Bertz CT molecular complexity index is 420. The Morgan fingerprint density at radius 2 is 1.35 bits per heavy atom. The van der Waals surface area contributed by atoms with Crippen LogP contribution in [0.15, 0.2) is 23.3 Å². The Labute approximate surface area is 99.0 Å². The second kappa shape index (κ2) is 3.43. The van der Waals surface area contributed by atoms with Gasteiger partial charge in [0.05, 0.1) is 25.4 Å². The molecule has 0 bridgehead atoms. The molecule has 0 amide bonds. The first kappa shape index (κ1) is 11.9. The van der Waals surface area contributed by atoms with Crippen LogP contribution < -0.4 is 0 Å². The van der Waals surface area contributed by atoms with Crippen LogP contribution in [-0.2, 0) is 23.8 Å². The van der Waals surface area contributed by atoms with E-state index in [4.69, 9.17) is 4.74 Å². The average molecular weight is 238 g/mol. The van der Waals surface area contributed by atoms with Crippen LogP contribution in [-0.4, -0.2) is 37.4 Å². The van der Waals surface area contributed by atoms with Gasteiger partial charge in [0.25, 0.3) is 0 Å². The van der Waals surface area contributed by atoms with Crippen LogP contribution in [0.1, 0.15) is 13.8 Å². The van der Waals surface area contributed by atoms with Crippen LogP contribution in [0.5, 0.6) is 0 Å². The second-order valence-electron chi connectivity index (χ2n) is 4.42. The molecule has 17 heavy (non-hydrogen) atoms. The lowest BCUT2D eigenvalue weighted by Crippen LogP contribution is -2.27. The molecular formula is C12H14O5. The smallest absolute Gasteiger partial charge is 0.338 e. The van der Waals surface area contributed by atoms with Crippen molar-refractivity contribution in [3.63, 3.8) is 0 Å². The van der Waals surface area contributed by atoms with Gasteiger partial charge in [0, 0.05) is 0 Å². The number of rotatable bonds is 2. The highest BCUT2D eigenvalue weighted by molar-refractivity contribution is 6.08. The van der Waals surface area contributed by atoms with Crippen LogP contribution in [0, 0.1) is 0 Å². The maximum atomic E-state index is 11.6. The molecule has 1 heterocycles. The van der Waals surface area contributed by atoms with E-state index in [1.165, 1.54) is 14.2 Å². The van der Waals surface area contributed by atoms with Gasteiger partial charge in [0.15, 0.2) is 0 Å². The number of ether oxygens (including phenoxy) is 3. The van der Waals surface area contributed by atoms with Crippen molar-refractivity contribution < 1.29 is 23.8 Å². The minimum absolute atomic E-state index is 0.192. The van der Waals surface area contributed by atoms with Crippen molar-refractivity contribution in [2.24, 2.45) is 0 Å². The largest absolute Gasteiger partial charge is 0.465 e. The van der Waals surface area contributed by atoms with Crippen molar-refractivity contribution in [1.82, 2.24) is 0 Å². The third kappa shape index (κ3) is 1.58. The molecule has 5 nitrogen and oxygen atoms in total. The summed E-state index contributed by atoms with van der Waals surface area (Å²) in [5, 5.41) is 0. The van der Waals surface area contributed by atoms with E-state index >= 15 is 0 Å². The zero-order valence-corrected chi connectivity index (χ0v) is 10.2. The quantitative estimate of drug-likeness (QED) is 0.524. The predicted octanol–water partition coefficient (Wildman–Crippen LogP) is 0.746. The van der Waals surface area contributed by atoms with Gasteiger partial charge in [-0.25, -0.2) is 9.59 Å². The minimum atomic E-state index is -0.569. The zero-order valence-electron chi connectivity index (χ0n) is 10.2. The summed E-state index contributed by atoms with van der Waals surface area (Å²) in [6.07, 6.45) is 3.23. The standard InChI is InChI=1S/C12H14O5/c1-11-5-7(9(13)15-3)8(10(14)16-4)6-12(11,2)17-11/h5-6H,1-4H3. The molecule has 92 valence electrons. The number of methoxy groups -OCH3 is 2. The molecule has 2 aliphatic rings. The van der Waals surface area contributed by atoms with Crippen molar-refractivity contribution in [1.29, 1.82) is 0 Å². The zero-order chi connectivity index (χ0) is 12.8. The average Bonchev–Trinajstić information content (AvgIpc) is 2.87. The first-order valence-electron chi connectivity index (χ1n) is 5.20. The fourth-order valence-electron chi connectivity index (χ4n) is 2.02. The molecule has 1 aliphatic carbocycles. The number of fused-ring (bicyclic) bond motifs is 1. The Balaban J connectivity index is 2.44. The molecule has 5 heteroatoms. The number of epoxide rings is 1. The minimum Gasteiger partial charge on any atom is -0.465 e. The number of hydrogen-bond donors (Lipinski definition) is 0. The van der Waals surface area contributed by atoms with Gasteiger partial charge in [-0.2, -0.15) is 0 Å². The van der Waals surface area contributed by atoms with Gasteiger partial charge in [0.1, 0.15) is 11.2 Å². The Kier molecular flexibility index (Phi) is 2.39. The predicted molar refractivity (Wildman–Crippen MR) is 58.1 cm³/mol. The first-order valence-corrected chi connectivity index (χ1v) is 5.20. The van der Waals surface area contributed by atoms with Crippen molar-refractivity contribution in [3.8, 4) is 0 Å². The highest BCUT2D eigenvalue weighted by atomic mass is 16.6. The number of carbonyl (C=O) groups is 2. The van der Waals surface area contributed by atoms with E-state index < -0.39 is 23.1 Å². The molecule has 0 saturated carbocycles. The van der Waals surface area contributed by atoms with Crippen molar-refractivity contribution in [3.05, 3.63) is 23.3 Å². The van der Waals surface area contributed by atoms with Crippen LogP contribution in [0.2, 0.25) is 0 Å². The summed E-state index contributed by atoms with van der Waals surface area (Å²) in [6, 6.07) is 0. The molecule has 0 aromatic rings. The van der Waals surface area contributed by atoms with E-state index in [0.717, 1.165) is 0 Å². The number of hydrogen-bond acceptors (Lipinski definition) is 5. The van der Waals surface area contributed by atoms with Crippen molar-refractivity contribution in [2.45, 2.75) is 25.0 Å². The molecule has 0 aromatic heterocycles. The van der Waals surface area contributed by atoms with E-state index in [1.54, 1.807) is 12.2 Å². The summed E-state index contributed by atoms with van der Waals surface area (Å²) in [5.74, 6) is -1.14.